The van der Waals surface area contributed by atoms with Crippen LogP contribution in [-0.4, -0.2) is 37.9 Å². The Hall–Kier alpha value is -1.88. The maximum atomic E-state index is 12.8. The number of hydrogen-bond acceptors (Lipinski definition) is 5. The monoisotopic (exact) mass is 871 g/mol. The molecule has 0 aliphatic carbocycles. The van der Waals surface area contributed by atoms with Gasteiger partial charge in [-0.2, -0.15) is 0 Å². The van der Waals surface area contributed by atoms with Crippen LogP contribution in [0.25, 0.3) is 0 Å². The standard InChI is InChI=1S/C57H106O5/c1-4-7-10-13-16-19-22-24-26-28-30-32-34-37-40-43-46-49-52-60-53-55(62-57(59)51-48-45-42-39-35-21-18-15-12-9-6-3)54-61-56(58)50-47-44-41-38-36-33-31-29-27-25-23-20-17-14-11-8-5-2/h16,19,24-27,55H,4-15,17-18,20-23,28-54H2,1-3H3/b19-16-,26-24-,27-25-. The predicted octanol–water partition coefficient (Wildman–Crippen LogP) is 18.6. The van der Waals surface area contributed by atoms with E-state index in [9.17, 15) is 9.59 Å². The van der Waals surface area contributed by atoms with Gasteiger partial charge in [0.15, 0.2) is 6.10 Å². The highest BCUT2D eigenvalue weighted by Crippen LogP contribution is 2.15. The fourth-order valence-corrected chi connectivity index (χ4v) is 8.01. The average Bonchev–Trinajstić information content (AvgIpc) is 3.27. The number of hydrogen-bond donors (Lipinski definition) is 0. The quantitative estimate of drug-likeness (QED) is 0.0346. The third-order valence-electron chi connectivity index (χ3n) is 12.1. The zero-order valence-corrected chi connectivity index (χ0v) is 41.9. The first kappa shape index (κ1) is 60.1. The summed E-state index contributed by atoms with van der Waals surface area (Å²) in [5, 5.41) is 0. The number of allylic oxidation sites excluding steroid dienone is 6. The van der Waals surface area contributed by atoms with E-state index in [-0.39, 0.29) is 25.2 Å². The van der Waals surface area contributed by atoms with Gasteiger partial charge in [-0.3, -0.25) is 9.59 Å². The fourth-order valence-electron chi connectivity index (χ4n) is 8.01. The van der Waals surface area contributed by atoms with Crippen LogP contribution in [0.5, 0.6) is 0 Å². The van der Waals surface area contributed by atoms with Crippen LogP contribution in [-0.2, 0) is 23.8 Å². The summed E-state index contributed by atoms with van der Waals surface area (Å²) < 4.78 is 17.4. The van der Waals surface area contributed by atoms with E-state index in [4.69, 9.17) is 14.2 Å². The van der Waals surface area contributed by atoms with Gasteiger partial charge in [-0.15, -0.1) is 0 Å². The largest absolute Gasteiger partial charge is 0.462 e. The Kier molecular flexibility index (Phi) is 51.8. The van der Waals surface area contributed by atoms with E-state index in [1.165, 1.54) is 212 Å². The summed E-state index contributed by atoms with van der Waals surface area (Å²) in [7, 11) is 0. The van der Waals surface area contributed by atoms with Crippen molar-refractivity contribution in [1.29, 1.82) is 0 Å². The topological polar surface area (TPSA) is 61.8 Å². The Morgan fingerprint density at radius 1 is 0.355 bits per heavy atom. The van der Waals surface area contributed by atoms with Crippen LogP contribution in [0, 0.1) is 0 Å². The summed E-state index contributed by atoms with van der Waals surface area (Å²) in [6.45, 7) is 7.82. The summed E-state index contributed by atoms with van der Waals surface area (Å²) in [5.74, 6) is -0.391. The van der Waals surface area contributed by atoms with E-state index in [0.717, 1.165) is 44.9 Å². The van der Waals surface area contributed by atoms with E-state index in [2.05, 4.69) is 57.2 Å². The zero-order valence-electron chi connectivity index (χ0n) is 41.9. The molecule has 0 aromatic carbocycles. The van der Waals surface area contributed by atoms with E-state index in [1.54, 1.807) is 0 Å². The van der Waals surface area contributed by atoms with Crippen molar-refractivity contribution < 1.29 is 23.8 Å². The number of carbonyl (C=O) groups is 2. The van der Waals surface area contributed by atoms with Crippen LogP contribution in [0.4, 0.5) is 0 Å². The number of rotatable bonds is 51. The van der Waals surface area contributed by atoms with Crippen LogP contribution in [0.3, 0.4) is 0 Å². The Morgan fingerprint density at radius 2 is 0.677 bits per heavy atom. The minimum atomic E-state index is -0.536. The molecule has 0 radical (unpaired) electrons. The highest BCUT2D eigenvalue weighted by molar-refractivity contribution is 5.70. The lowest BCUT2D eigenvalue weighted by atomic mass is 10.1. The van der Waals surface area contributed by atoms with Crippen molar-refractivity contribution >= 4 is 11.9 Å². The number of esters is 2. The molecule has 0 N–H and O–H groups in total. The summed E-state index contributed by atoms with van der Waals surface area (Å²) in [6, 6.07) is 0. The van der Waals surface area contributed by atoms with Crippen LogP contribution in [0.15, 0.2) is 36.5 Å². The molecule has 1 atom stereocenters. The lowest BCUT2D eigenvalue weighted by Gasteiger charge is -2.18. The van der Waals surface area contributed by atoms with Crippen LogP contribution in [0.2, 0.25) is 0 Å². The van der Waals surface area contributed by atoms with Crippen molar-refractivity contribution in [2.75, 3.05) is 19.8 Å². The summed E-state index contributed by atoms with van der Waals surface area (Å²) in [6.07, 6.45) is 64.4. The molecule has 0 aliphatic heterocycles. The van der Waals surface area contributed by atoms with Crippen molar-refractivity contribution in [3.63, 3.8) is 0 Å². The van der Waals surface area contributed by atoms with E-state index in [1.807, 2.05) is 0 Å². The summed E-state index contributed by atoms with van der Waals surface area (Å²) >= 11 is 0. The summed E-state index contributed by atoms with van der Waals surface area (Å²) in [5.41, 5.74) is 0. The smallest absolute Gasteiger partial charge is 0.306 e. The predicted molar refractivity (Wildman–Crippen MR) is 270 cm³/mol. The van der Waals surface area contributed by atoms with Gasteiger partial charge in [0, 0.05) is 19.4 Å². The molecule has 0 bridgehead atoms. The Labute approximate surface area is 387 Å². The van der Waals surface area contributed by atoms with Gasteiger partial charge in [0.1, 0.15) is 6.61 Å². The lowest BCUT2D eigenvalue weighted by Crippen LogP contribution is -2.30. The molecule has 0 saturated carbocycles. The molecule has 0 spiro atoms. The lowest BCUT2D eigenvalue weighted by molar-refractivity contribution is -0.163. The maximum Gasteiger partial charge on any atom is 0.306 e. The number of ether oxygens (including phenoxy) is 3. The highest BCUT2D eigenvalue weighted by atomic mass is 16.6. The van der Waals surface area contributed by atoms with Crippen molar-refractivity contribution in [2.45, 2.75) is 297 Å². The van der Waals surface area contributed by atoms with Crippen LogP contribution < -0.4 is 0 Å². The molecular formula is C57H106O5. The Balaban J connectivity index is 4.20. The maximum absolute atomic E-state index is 12.8. The number of carbonyl (C=O) groups excluding carboxylic acids is 2. The van der Waals surface area contributed by atoms with Gasteiger partial charge in [-0.1, -0.05) is 237 Å². The molecule has 0 saturated heterocycles. The number of unbranched alkanes of at least 4 members (excludes halogenated alkanes) is 34. The second-order valence-corrected chi connectivity index (χ2v) is 18.5. The normalized spacial score (nSPS) is 12.4. The highest BCUT2D eigenvalue weighted by Gasteiger charge is 2.17. The molecule has 0 amide bonds. The van der Waals surface area contributed by atoms with Gasteiger partial charge in [0.25, 0.3) is 0 Å². The van der Waals surface area contributed by atoms with Crippen molar-refractivity contribution in [1.82, 2.24) is 0 Å². The minimum Gasteiger partial charge on any atom is -0.462 e. The third-order valence-corrected chi connectivity index (χ3v) is 12.1. The Bertz CT molecular complexity index is 986. The van der Waals surface area contributed by atoms with Gasteiger partial charge >= 0.3 is 11.9 Å². The van der Waals surface area contributed by atoms with Gasteiger partial charge in [0.05, 0.1) is 6.61 Å². The first-order valence-electron chi connectivity index (χ1n) is 27.5. The third kappa shape index (κ3) is 50.8. The average molecular weight is 871 g/mol. The van der Waals surface area contributed by atoms with Gasteiger partial charge in [0.2, 0.25) is 0 Å². The molecule has 5 heteroatoms. The second-order valence-electron chi connectivity index (χ2n) is 18.5. The van der Waals surface area contributed by atoms with Crippen LogP contribution in [0.1, 0.15) is 290 Å². The van der Waals surface area contributed by atoms with Crippen LogP contribution >= 0.6 is 0 Å². The van der Waals surface area contributed by atoms with E-state index < -0.39 is 6.10 Å². The molecular weight excluding hydrogens is 765 g/mol. The van der Waals surface area contributed by atoms with E-state index >= 15 is 0 Å². The zero-order chi connectivity index (χ0) is 44.9. The van der Waals surface area contributed by atoms with Crippen molar-refractivity contribution in [3.05, 3.63) is 36.5 Å². The van der Waals surface area contributed by atoms with Crippen molar-refractivity contribution in [2.24, 2.45) is 0 Å². The second kappa shape index (κ2) is 53.5. The van der Waals surface area contributed by atoms with Gasteiger partial charge < -0.3 is 14.2 Å². The van der Waals surface area contributed by atoms with Crippen molar-refractivity contribution in [3.8, 4) is 0 Å². The molecule has 0 aromatic rings. The first-order valence-corrected chi connectivity index (χ1v) is 27.5. The molecule has 0 fully saturated rings. The fraction of sp³-hybridized carbons (Fsp3) is 0.860. The molecule has 0 aromatic heterocycles. The molecule has 1 unspecified atom stereocenters. The van der Waals surface area contributed by atoms with Gasteiger partial charge in [-0.05, 0) is 77.0 Å². The molecule has 0 rings (SSSR count). The molecule has 0 aliphatic rings. The first-order chi connectivity index (χ1) is 30.6. The summed E-state index contributed by atoms with van der Waals surface area (Å²) in [4.78, 5) is 25.4. The molecule has 0 heterocycles. The minimum absolute atomic E-state index is 0.0855. The Morgan fingerprint density at radius 3 is 1.11 bits per heavy atom. The molecule has 62 heavy (non-hydrogen) atoms. The SMILES string of the molecule is CCCCC/C=C\C/C=C\CCCCCCCCCCOCC(COC(=O)CCCCCCCCC/C=C\CCCCCCCC)OC(=O)CCCCCCCCCCCCC. The van der Waals surface area contributed by atoms with E-state index in [0.29, 0.717) is 19.4 Å². The molecule has 5 nitrogen and oxygen atoms in total. The molecule has 364 valence electrons. The van der Waals surface area contributed by atoms with Gasteiger partial charge in [-0.25, -0.2) is 0 Å².